The number of aliphatic imine (C=N–C) groups is 1. The smallest absolute Gasteiger partial charge is 0.191 e. The number of hydrogen-bond acceptors (Lipinski definition) is 2. The Kier molecular flexibility index (Phi) is 7.05. The minimum absolute atomic E-state index is 0. The zero-order chi connectivity index (χ0) is 13.8. The fourth-order valence-corrected chi connectivity index (χ4v) is 3.27. The van der Waals surface area contributed by atoms with Gasteiger partial charge in [0.05, 0.1) is 0 Å². The Morgan fingerprint density at radius 1 is 1.10 bits per heavy atom. The number of nitrogens with zero attached hydrogens (tertiary/aromatic N) is 2. The summed E-state index contributed by atoms with van der Waals surface area (Å²) in [6.45, 7) is 3.53. The van der Waals surface area contributed by atoms with Gasteiger partial charge in [-0.2, -0.15) is 0 Å². The van der Waals surface area contributed by atoms with Gasteiger partial charge in [-0.3, -0.25) is 9.89 Å². The van der Waals surface area contributed by atoms with Crippen molar-refractivity contribution in [3.8, 4) is 0 Å². The summed E-state index contributed by atoms with van der Waals surface area (Å²) in [4.78, 5) is 7.06. The van der Waals surface area contributed by atoms with Crippen molar-refractivity contribution in [3.05, 3.63) is 0 Å². The van der Waals surface area contributed by atoms with Gasteiger partial charge in [0, 0.05) is 38.8 Å². The van der Waals surface area contributed by atoms with E-state index in [4.69, 9.17) is 0 Å². The second-order valence-corrected chi connectivity index (χ2v) is 6.79. The summed E-state index contributed by atoms with van der Waals surface area (Å²) in [6.07, 6.45) is 11.1. The Morgan fingerprint density at radius 2 is 1.81 bits per heavy atom. The van der Waals surface area contributed by atoms with Crippen LogP contribution in [0.15, 0.2) is 4.99 Å². The lowest BCUT2D eigenvalue weighted by atomic mass is 10.2. The Hall–Kier alpha value is -0.0400. The lowest BCUT2D eigenvalue weighted by Crippen LogP contribution is -2.45. The Morgan fingerprint density at radius 3 is 2.38 bits per heavy atom. The van der Waals surface area contributed by atoms with E-state index < -0.39 is 0 Å². The maximum absolute atomic E-state index is 4.36. The zero-order valence-electron chi connectivity index (χ0n) is 13.3. The third-order valence-electron chi connectivity index (χ3n) is 4.86. The molecule has 0 saturated heterocycles. The highest BCUT2D eigenvalue weighted by atomic mass is 127. The number of rotatable bonds is 7. The summed E-state index contributed by atoms with van der Waals surface area (Å²) in [5, 5.41) is 7.06. The van der Waals surface area contributed by atoms with Crippen LogP contribution < -0.4 is 10.6 Å². The van der Waals surface area contributed by atoms with Gasteiger partial charge < -0.3 is 10.6 Å². The summed E-state index contributed by atoms with van der Waals surface area (Å²) in [6, 6.07) is 1.54. The van der Waals surface area contributed by atoms with E-state index in [0.717, 1.165) is 24.5 Å². The largest absolute Gasteiger partial charge is 0.355 e. The molecule has 0 aliphatic heterocycles. The summed E-state index contributed by atoms with van der Waals surface area (Å²) in [5.74, 6) is 2.01. The Bertz CT molecular complexity index is 333. The maximum Gasteiger partial charge on any atom is 0.191 e. The number of halogens is 1. The lowest BCUT2D eigenvalue weighted by Gasteiger charge is -2.23. The molecule has 21 heavy (non-hydrogen) atoms. The highest BCUT2D eigenvalue weighted by molar-refractivity contribution is 14.0. The van der Waals surface area contributed by atoms with Crippen LogP contribution in [-0.4, -0.2) is 49.6 Å². The second-order valence-electron chi connectivity index (χ2n) is 6.79. The molecule has 2 N–H and O–H groups in total. The first kappa shape index (κ1) is 17.3. The Balaban J connectivity index is 0.00000161. The first-order valence-electron chi connectivity index (χ1n) is 8.56. The minimum Gasteiger partial charge on any atom is -0.355 e. The maximum atomic E-state index is 4.36. The number of hydrogen-bond donors (Lipinski definition) is 2. The van der Waals surface area contributed by atoms with Crippen LogP contribution >= 0.6 is 24.0 Å². The van der Waals surface area contributed by atoms with Crippen LogP contribution in [-0.2, 0) is 0 Å². The van der Waals surface area contributed by atoms with Gasteiger partial charge in [-0.1, -0.05) is 12.8 Å². The van der Waals surface area contributed by atoms with Crippen molar-refractivity contribution >= 4 is 29.9 Å². The molecule has 0 atom stereocenters. The van der Waals surface area contributed by atoms with Gasteiger partial charge in [0.2, 0.25) is 0 Å². The molecular formula is C16H31IN4. The summed E-state index contributed by atoms with van der Waals surface area (Å²) in [5.41, 5.74) is 0. The number of nitrogens with one attached hydrogen (secondary N) is 2. The topological polar surface area (TPSA) is 39.7 Å². The van der Waals surface area contributed by atoms with E-state index in [2.05, 4.69) is 20.5 Å². The van der Waals surface area contributed by atoms with Crippen LogP contribution in [0.25, 0.3) is 0 Å². The van der Waals surface area contributed by atoms with Crippen LogP contribution in [0.5, 0.6) is 0 Å². The van der Waals surface area contributed by atoms with Crippen molar-refractivity contribution in [2.45, 2.75) is 63.5 Å². The quantitative estimate of drug-likeness (QED) is 0.388. The molecule has 3 aliphatic rings. The monoisotopic (exact) mass is 406 g/mol. The third-order valence-corrected chi connectivity index (χ3v) is 4.86. The van der Waals surface area contributed by atoms with Crippen LogP contribution in [0.1, 0.15) is 51.4 Å². The fraction of sp³-hybridized carbons (Fsp3) is 0.938. The van der Waals surface area contributed by atoms with Gasteiger partial charge >= 0.3 is 0 Å². The molecule has 3 aliphatic carbocycles. The minimum atomic E-state index is 0. The number of guanidine groups is 1. The Labute approximate surface area is 146 Å². The van der Waals surface area contributed by atoms with E-state index >= 15 is 0 Å². The van der Waals surface area contributed by atoms with Crippen molar-refractivity contribution in [2.24, 2.45) is 10.9 Å². The molecule has 0 spiro atoms. The van der Waals surface area contributed by atoms with E-state index in [1.807, 2.05) is 7.05 Å². The summed E-state index contributed by atoms with van der Waals surface area (Å²) < 4.78 is 0. The molecule has 0 aromatic carbocycles. The van der Waals surface area contributed by atoms with E-state index in [1.165, 1.54) is 64.5 Å². The van der Waals surface area contributed by atoms with Gasteiger partial charge in [-0.05, 0) is 44.4 Å². The van der Waals surface area contributed by atoms with Crippen LogP contribution in [0, 0.1) is 5.92 Å². The summed E-state index contributed by atoms with van der Waals surface area (Å²) in [7, 11) is 1.88. The average molecular weight is 406 g/mol. The first-order chi connectivity index (χ1) is 9.85. The SMILES string of the molecule is CN=C(NCCN(CC1CC1)C1CC1)NC1CCCC1.I. The molecule has 0 heterocycles. The van der Waals surface area contributed by atoms with Gasteiger partial charge in [0.25, 0.3) is 0 Å². The lowest BCUT2D eigenvalue weighted by molar-refractivity contribution is 0.256. The van der Waals surface area contributed by atoms with E-state index in [-0.39, 0.29) is 24.0 Å². The predicted octanol–water partition coefficient (Wildman–Crippen LogP) is 2.59. The van der Waals surface area contributed by atoms with Crippen LogP contribution in [0.2, 0.25) is 0 Å². The van der Waals surface area contributed by atoms with Crippen LogP contribution in [0.4, 0.5) is 0 Å². The average Bonchev–Trinajstić information content (AvgIpc) is 3.37. The molecule has 0 aromatic rings. The molecule has 0 amide bonds. The van der Waals surface area contributed by atoms with Crippen molar-refractivity contribution in [2.75, 3.05) is 26.7 Å². The van der Waals surface area contributed by atoms with Gasteiger partial charge in [0.15, 0.2) is 5.96 Å². The molecule has 4 nitrogen and oxygen atoms in total. The molecule has 3 rings (SSSR count). The standard InChI is InChI=1S/C16H30N4.HI/c1-17-16(19-14-4-2-3-5-14)18-10-11-20(15-8-9-15)12-13-6-7-13;/h13-15H,2-12H2,1H3,(H2,17,18,19);1H. The van der Waals surface area contributed by atoms with Crippen molar-refractivity contribution in [3.63, 3.8) is 0 Å². The van der Waals surface area contributed by atoms with Crippen molar-refractivity contribution in [1.82, 2.24) is 15.5 Å². The van der Waals surface area contributed by atoms with Gasteiger partial charge in [-0.25, -0.2) is 0 Å². The molecule has 0 bridgehead atoms. The van der Waals surface area contributed by atoms with Crippen LogP contribution in [0.3, 0.4) is 0 Å². The van der Waals surface area contributed by atoms with E-state index in [9.17, 15) is 0 Å². The van der Waals surface area contributed by atoms with Crippen molar-refractivity contribution in [1.29, 1.82) is 0 Å². The molecule has 3 saturated carbocycles. The normalized spacial score (nSPS) is 23.2. The molecule has 0 aromatic heterocycles. The highest BCUT2D eigenvalue weighted by Crippen LogP contribution is 2.34. The van der Waals surface area contributed by atoms with Gasteiger partial charge in [-0.15, -0.1) is 24.0 Å². The van der Waals surface area contributed by atoms with Crippen molar-refractivity contribution < 1.29 is 0 Å². The third kappa shape index (κ3) is 5.93. The molecule has 122 valence electrons. The zero-order valence-corrected chi connectivity index (χ0v) is 15.6. The fourth-order valence-electron chi connectivity index (χ4n) is 3.27. The molecule has 0 unspecified atom stereocenters. The van der Waals surface area contributed by atoms with Gasteiger partial charge in [0.1, 0.15) is 0 Å². The van der Waals surface area contributed by atoms with E-state index in [0.29, 0.717) is 6.04 Å². The predicted molar refractivity (Wildman–Crippen MR) is 99.5 cm³/mol. The molecule has 3 fully saturated rings. The molecule has 0 radical (unpaired) electrons. The highest BCUT2D eigenvalue weighted by Gasteiger charge is 2.33. The second kappa shape index (κ2) is 8.56. The molecule has 5 heteroatoms. The summed E-state index contributed by atoms with van der Waals surface area (Å²) >= 11 is 0. The first-order valence-corrected chi connectivity index (χ1v) is 8.56. The molecular weight excluding hydrogens is 375 g/mol. The van der Waals surface area contributed by atoms with E-state index in [1.54, 1.807) is 0 Å².